The first-order valence-electron chi connectivity index (χ1n) is 8.05. The second kappa shape index (κ2) is 7.37. The third-order valence-electron chi connectivity index (χ3n) is 3.94. The van der Waals surface area contributed by atoms with Crippen molar-refractivity contribution in [3.05, 3.63) is 53.3 Å². The number of pyridine rings is 1. The summed E-state index contributed by atoms with van der Waals surface area (Å²) in [7, 11) is -0.897. The fourth-order valence-corrected chi connectivity index (χ4v) is 3.28. The smallest absolute Gasteiger partial charge is 0.271 e. The van der Waals surface area contributed by atoms with E-state index in [1.165, 1.54) is 44.6 Å². The standard InChI is InChI=1S/C17H17N5O5S/c1-10-14-8-12(9-18-17(14)27-21-10)16(24)20-19-15(23)11-5-4-6-13(7-11)28(25,26)22(2)3/h4-9H,1-3H3,(H,19,23)(H,20,24). The Bertz CT molecular complexity index is 1170. The number of hydrogen-bond acceptors (Lipinski definition) is 7. The number of rotatable bonds is 4. The number of nitrogens with zero attached hydrogens (tertiary/aromatic N) is 3. The maximum atomic E-state index is 12.3. The maximum absolute atomic E-state index is 12.3. The Hall–Kier alpha value is -3.31. The number of aromatic nitrogens is 2. The van der Waals surface area contributed by atoms with Crippen molar-refractivity contribution in [2.75, 3.05) is 14.1 Å². The molecule has 3 aromatic rings. The van der Waals surface area contributed by atoms with E-state index in [1.807, 2.05) is 0 Å². The molecule has 2 amide bonds. The zero-order chi connectivity index (χ0) is 20.5. The van der Waals surface area contributed by atoms with Gasteiger partial charge in [0.15, 0.2) is 0 Å². The van der Waals surface area contributed by atoms with Crippen LogP contribution in [-0.2, 0) is 10.0 Å². The fraction of sp³-hybridized carbons (Fsp3) is 0.176. The van der Waals surface area contributed by atoms with Crippen LogP contribution in [0.15, 0.2) is 45.9 Å². The molecule has 0 unspecified atom stereocenters. The molecule has 0 aliphatic heterocycles. The number of fused-ring (bicyclic) bond motifs is 1. The number of aryl methyl sites for hydroxylation is 1. The summed E-state index contributed by atoms with van der Waals surface area (Å²) in [5, 5.41) is 4.34. The van der Waals surface area contributed by atoms with Crippen molar-refractivity contribution in [2.24, 2.45) is 0 Å². The molecule has 146 valence electrons. The Morgan fingerprint density at radius 1 is 1.07 bits per heavy atom. The summed E-state index contributed by atoms with van der Waals surface area (Å²) in [5.41, 5.74) is 5.67. The van der Waals surface area contributed by atoms with Gasteiger partial charge in [-0.05, 0) is 31.2 Å². The number of nitrogens with one attached hydrogen (secondary N) is 2. The predicted molar refractivity (Wildman–Crippen MR) is 98.8 cm³/mol. The molecule has 0 atom stereocenters. The van der Waals surface area contributed by atoms with Crippen LogP contribution in [0.2, 0.25) is 0 Å². The summed E-state index contributed by atoms with van der Waals surface area (Å²) < 4.78 is 30.4. The van der Waals surface area contributed by atoms with Crippen molar-refractivity contribution in [1.29, 1.82) is 0 Å². The molecule has 2 aromatic heterocycles. The van der Waals surface area contributed by atoms with Crippen LogP contribution in [0.5, 0.6) is 0 Å². The lowest BCUT2D eigenvalue weighted by atomic mass is 10.2. The van der Waals surface area contributed by atoms with Crippen molar-refractivity contribution in [3.63, 3.8) is 0 Å². The summed E-state index contributed by atoms with van der Waals surface area (Å²) in [4.78, 5) is 28.5. The van der Waals surface area contributed by atoms with Crippen molar-refractivity contribution in [2.45, 2.75) is 11.8 Å². The quantitative estimate of drug-likeness (QED) is 0.617. The Kier molecular flexibility index (Phi) is 5.12. The van der Waals surface area contributed by atoms with Gasteiger partial charge in [0.2, 0.25) is 10.0 Å². The lowest BCUT2D eigenvalue weighted by Crippen LogP contribution is -2.41. The maximum Gasteiger partial charge on any atom is 0.271 e. The Morgan fingerprint density at radius 3 is 2.43 bits per heavy atom. The third-order valence-corrected chi connectivity index (χ3v) is 5.75. The van der Waals surface area contributed by atoms with Crippen LogP contribution in [-0.4, -0.2) is 48.8 Å². The average Bonchev–Trinajstić information content (AvgIpc) is 3.06. The van der Waals surface area contributed by atoms with E-state index in [9.17, 15) is 18.0 Å². The minimum Gasteiger partial charge on any atom is -0.336 e. The van der Waals surface area contributed by atoms with Crippen LogP contribution >= 0.6 is 0 Å². The van der Waals surface area contributed by atoms with Gasteiger partial charge in [-0.3, -0.25) is 20.4 Å². The van der Waals surface area contributed by atoms with E-state index in [0.29, 0.717) is 16.8 Å². The van der Waals surface area contributed by atoms with Crippen LogP contribution in [0.25, 0.3) is 11.1 Å². The van der Waals surface area contributed by atoms with Crippen LogP contribution < -0.4 is 10.9 Å². The lowest BCUT2D eigenvalue weighted by molar-refractivity contribution is 0.0846. The van der Waals surface area contributed by atoms with Gasteiger partial charge in [-0.25, -0.2) is 17.7 Å². The molecule has 3 rings (SSSR count). The van der Waals surface area contributed by atoms with Gasteiger partial charge in [0.05, 0.1) is 21.5 Å². The number of amides is 2. The highest BCUT2D eigenvalue weighted by Gasteiger charge is 2.19. The first-order valence-corrected chi connectivity index (χ1v) is 9.49. The molecule has 2 heterocycles. The normalized spacial score (nSPS) is 11.6. The van der Waals surface area contributed by atoms with Crippen molar-refractivity contribution >= 4 is 32.9 Å². The summed E-state index contributed by atoms with van der Waals surface area (Å²) in [6.07, 6.45) is 1.29. The van der Waals surface area contributed by atoms with Gasteiger partial charge in [0.25, 0.3) is 17.5 Å². The molecule has 0 radical (unpaired) electrons. The minimum absolute atomic E-state index is 0.0333. The zero-order valence-electron chi connectivity index (χ0n) is 15.3. The van der Waals surface area contributed by atoms with Crippen molar-refractivity contribution in [1.82, 2.24) is 25.3 Å². The number of sulfonamides is 1. The fourth-order valence-electron chi connectivity index (χ4n) is 2.34. The van der Waals surface area contributed by atoms with Crippen LogP contribution in [0.3, 0.4) is 0 Å². The molecule has 10 nitrogen and oxygen atoms in total. The van der Waals surface area contributed by atoms with Gasteiger partial charge in [-0.15, -0.1) is 0 Å². The predicted octanol–water partition coefficient (Wildman–Crippen LogP) is 0.856. The van der Waals surface area contributed by atoms with Gasteiger partial charge in [0.1, 0.15) is 0 Å². The molecule has 0 spiro atoms. The molecule has 0 aliphatic carbocycles. The highest BCUT2D eigenvalue weighted by molar-refractivity contribution is 7.89. The molecule has 0 saturated heterocycles. The number of carbonyl (C=O) groups excluding carboxylic acids is 2. The van der Waals surface area contributed by atoms with Crippen LogP contribution in [0.4, 0.5) is 0 Å². The lowest BCUT2D eigenvalue weighted by Gasteiger charge is -2.12. The molecular formula is C17H17N5O5S. The van der Waals surface area contributed by atoms with E-state index in [-0.39, 0.29) is 16.0 Å². The second-order valence-corrected chi connectivity index (χ2v) is 8.22. The van der Waals surface area contributed by atoms with Gasteiger partial charge < -0.3 is 4.52 Å². The van der Waals surface area contributed by atoms with E-state index in [2.05, 4.69) is 21.0 Å². The molecule has 0 fully saturated rings. The average molecular weight is 403 g/mol. The highest BCUT2D eigenvalue weighted by Crippen LogP contribution is 2.17. The Morgan fingerprint density at radius 2 is 1.75 bits per heavy atom. The second-order valence-electron chi connectivity index (χ2n) is 6.07. The largest absolute Gasteiger partial charge is 0.336 e. The molecule has 28 heavy (non-hydrogen) atoms. The number of benzene rings is 1. The summed E-state index contributed by atoms with van der Waals surface area (Å²) in [5.74, 6) is -1.26. The monoisotopic (exact) mass is 403 g/mol. The van der Waals surface area contributed by atoms with E-state index >= 15 is 0 Å². The molecule has 0 aliphatic rings. The van der Waals surface area contributed by atoms with Gasteiger partial charge in [-0.1, -0.05) is 11.2 Å². The minimum atomic E-state index is -3.68. The van der Waals surface area contributed by atoms with Crippen molar-refractivity contribution < 1.29 is 22.5 Å². The van der Waals surface area contributed by atoms with Crippen molar-refractivity contribution in [3.8, 4) is 0 Å². The SMILES string of the molecule is Cc1noc2ncc(C(=O)NNC(=O)c3cccc(S(=O)(=O)N(C)C)c3)cc12. The van der Waals surface area contributed by atoms with Gasteiger partial charge >= 0.3 is 0 Å². The van der Waals surface area contributed by atoms with Crippen LogP contribution in [0.1, 0.15) is 26.4 Å². The molecular weight excluding hydrogens is 386 g/mol. The van der Waals surface area contributed by atoms with E-state index in [4.69, 9.17) is 4.52 Å². The molecule has 2 N–H and O–H groups in total. The van der Waals surface area contributed by atoms with Gasteiger partial charge in [-0.2, -0.15) is 0 Å². The third kappa shape index (κ3) is 3.70. The van der Waals surface area contributed by atoms with E-state index in [0.717, 1.165) is 4.31 Å². The molecule has 11 heteroatoms. The summed E-state index contributed by atoms with van der Waals surface area (Å²) >= 11 is 0. The zero-order valence-corrected chi connectivity index (χ0v) is 16.1. The first kappa shape index (κ1) is 19.5. The van der Waals surface area contributed by atoms with Crippen LogP contribution in [0, 0.1) is 6.92 Å². The summed E-state index contributed by atoms with van der Waals surface area (Å²) in [6.45, 7) is 1.71. The van der Waals surface area contributed by atoms with Gasteiger partial charge in [0, 0.05) is 25.9 Å². The molecule has 1 aromatic carbocycles. The summed E-state index contributed by atoms with van der Waals surface area (Å²) in [6, 6.07) is 7.03. The Balaban J connectivity index is 1.73. The first-order chi connectivity index (χ1) is 13.2. The molecule has 0 bridgehead atoms. The molecule has 0 saturated carbocycles. The Labute approximate surface area is 160 Å². The van der Waals surface area contributed by atoms with E-state index < -0.39 is 21.8 Å². The highest BCUT2D eigenvalue weighted by atomic mass is 32.2. The topological polar surface area (TPSA) is 134 Å². The number of carbonyl (C=O) groups is 2. The van der Waals surface area contributed by atoms with E-state index in [1.54, 1.807) is 13.0 Å². The number of hydrazine groups is 1. The number of hydrogen-bond donors (Lipinski definition) is 2.